The van der Waals surface area contributed by atoms with Crippen molar-refractivity contribution in [1.82, 2.24) is 15.0 Å². The van der Waals surface area contributed by atoms with Gasteiger partial charge in [0.2, 0.25) is 5.95 Å². The lowest BCUT2D eigenvalue weighted by Crippen LogP contribution is -2.31. The van der Waals surface area contributed by atoms with Crippen LogP contribution in [-0.4, -0.2) is 53.6 Å². The van der Waals surface area contributed by atoms with E-state index in [1.807, 2.05) is 0 Å². The molecule has 0 aliphatic carbocycles. The fourth-order valence-corrected chi connectivity index (χ4v) is 1.99. The standard InChI is InChI=1S/C12H14F6N4O2/c13-11(14,15)6-23-9-19-8(22-4-2-1-3-5-22)20-10(21-9)24-7-12(16,17)18/h1-7H2. The summed E-state index contributed by atoms with van der Waals surface area (Å²) in [6.07, 6.45) is -6.68. The molecule has 1 aliphatic rings. The van der Waals surface area contributed by atoms with Gasteiger partial charge >= 0.3 is 24.4 Å². The van der Waals surface area contributed by atoms with Crippen LogP contribution in [-0.2, 0) is 0 Å². The van der Waals surface area contributed by atoms with E-state index in [9.17, 15) is 26.3 Å². The highest BCUT2D eigenvalue weighted by molar-refractivity contribution is 5.32. The fourth-order valence-electron chi connectivity index (χ4n) is 1.99. The van der Waals surface area contributed by atoms with Gasteiger partial charge in [-0.1, -0.05) is 0 Å². The van der Waals surface area contributed by atoms with Crippen LogP contribution in [0.3, 0.4) is 0 Å². The van der Waals surface area contributed by atoms with E-state index in [1.165, 1.54) is 0 Å². The number of rotatable bonds is 5. The van der Waals surface area contributed by atoms with E-state index in [1.54, 1.807) is 4.90 Å². The molecule has 1 fully saturated rings. The number of alkyl halides is 6. The second-order valence-corrected chi connectivity index (χ2v) is 5.06. The van der Waals surface area contributed by atoms with Gasteiger partial charge in [0.25, 0.3) is 0 Å². The predicted octanol–water partition coefficient (Wildman–Crippen LogP) is 2.74. The van der Waals surface area contributed by atoms with Crippen LogP contribution in [0.5, 0.6) is 12.0 Å². The number of hydrogen-bond acceptors (Lipinski definition) is 6. The van der Waals surface area contributed by atoms with E-state index in [0.717, 1.165) is 19.3 Å². The molecule has 1 aliphatic heterocycles. The number of hydrogen-bond donors (Lipinski definition) is 0. The van der Waals surface area contributed by atoms with Gasteiger partial charge in [0.05, 0.1) is 0 Å². The number of piperidine rings is 1. The smallest absolute Gasteiger partial charge is 0.422 e. The maximum atomic E-state index is 12.2. The van der Waals surface area contributed by atoms with Crippen LogP contribution < -0.4 is 14.4 Å². The predicted molar refractivity (Wildman–Crippen MR) is 69.0 cm³/mol. The third-order valence-corrected chi connectivity index (χ3v) is 2.95. The lowest BCUT2D eigenvalue weighted by atomic mass is 10.1. The average Bonchev–Trinajstić information content (AvgIpc) is 2.50. The van der Waals surface area contributed by atoms with E-state index in [-0.39, 0.29) is 5.95 Å². The summed E-state index contributed by atoms with van der Waals surface area (Å²) >= 11 is 0. The Morgan fingerprint density at radius 2 is 1.21 bits per heavy atom. The van der Waals surface area contributed by atoms with Crippen molar-refractivity contribution in [3.63, 3.8) is 0 Å². The van der Waals surface area contributed by atoms with Crippen LogP contribution in [0.4, 0.5) is 32.3 Å². The molecule has 136 valence electrons. The highest BCUT2D eigenvalue weighted by Crippen LogP contribution is 2.23. The van der Waals surface area contributed by atoms with Crippen molar-refractivity contribution in [2.45, 2.75) is 31.6 Å². The van der Waals surface area contributed by atoms with Gasteiger partial charge in [-0.15, -0.1) is 4.98 Å². The minimum absolute atomic E-state index is 0.0703. The molecule has 12 heteroatoms. The molecule has 0 spiro atoms. The zero-order valence-corrected chi connectivity index (χ0v) is 12.3. The zero-order chi connectivity index (χ0) is 17.8. The molecule has 0 saturated carbocycles. The van der Waals surface area contributed by atoms with E-state index in [4.69, 9.17) is 0 Å². The summed E-state index contributed by atoms with van der Waals surface area (Å²) in [6.45, 7) is -2.28. The van der Waals surface area contributed by atoms with Crippen LogP contribution in [0.2, 0.25) is 0 Å². The molecular formula is C12H14F6N4O2. The Hall–Kier alpha value is -2.01. The summed E-state index contributed by atoms with van der Waals surface area (Å²) < 4.78 is 82.1. The van der Waals surface area contributed by atoms with Crippen LogP contribution in [0.15, 0.2) is 0 Å². The molecule has 24 heavy (non-hydrogen) atoms. The largest absolute Gasteiger partial charge is 0.454 e. The topological polar surface area (TPSA) is 60.4 Å². The second-order valence-electron chi connectivity index (χ2n) is 5.06. The Bertz CT molecular complexity index is 509. The van der Waals surface area contributed by atoms with E-state index < -0.39 is 37.6 Å². The van der Waals surface area contributed by atoms with E-state index in [2.05, 4.69) is 24.4 Å². The third kappa shape index (κ3) is 6.24. The molecule has 1 aromatic heterocycles. The quantitative estimate of drug-likeness (QED) is 0.753. The molecule has 0 unspecified atom stereocenters. The van der Waals surface area contributed by atoms with Gasteiger partial charge < -0.3 is 14.4 Å². The summed E-state index contributed by atoms with van der Waals surface area (Å²) in [5, 5.41) is 0. The van der Waals surface area contributed by atoms with Crippen LogP contribution in [0, 0.1) is 0 Å². The van der Waals surface area contributed by atoms with Crippen molar-refractivity contribution in [3.05, 3.63) is 0 Å². The summed E-state index contributed by atoms with van der Waals surface area (Å²) in [4.78, 5) is 12.4. The Morgan fingerprint density at radius 3 is 1.62 bits per heavy atom. The van der Waals surface area contributed by atoms with Crippen LogP contribution >= 0.6 is 0 Å². The summed E-state index contributed by atoms with van der Waals surface area (Å²) in [7, 11) is 0. The summed E-state index contributed by atoms with van der Waals surface area (Å²) in [6, 6.07) is -1.47. The molecule has 1 saturated heterocycles. The van der Waals surface area contributed by atoms with Crippen molar-refractivity contribution in [2.24, 2.45) is 0 Å². The minimum Gasteiger partial charge on any atom is -0.454 e. The molecule has 6 nitrogen and oxygen atoms in total. The fraction of sp³-hybridized carbons (Fsp3) is 0.750. The van der Waals surface area contributed by atoms with Gasteiger partial charge in [-0.25, -0.2) is 0 Å². The first kappa shape index (κ1) is 18.3. The SMILES string of the molecule is FC(F)(F)COc1nc(OCC(F)(F)F)nc(N2CCCCC2)n1. The first-order valence-corrected chi connectivity index (χ1v) is 7.02. The zero-order valence-electron chi connectivity index (χ0n) is 12.3. The van der Waals surface area contributed by atoms with Gasteiger partial charge in [0, 0.05) is 13.1 Å². The molecule has 0 radical (unpaired) electrons. The Morgan fingerprint density at radius 1 is 0.750 bits per heavy atom. The van der Waals surface area contributed by atoms with Gasteiger partial charge in [-0.2, -0.15) is 36.3 Å². The van der Waals surface area contributed by atoms with Crippen molar-refractivity contribution in [3.8, 4) is 12.0 Å². The van der Waals surface area contributed by atoms with E-state index in [0.29, 0.717) is 13.1 Å². The molecule has 2 heterocycles. The molecule has 1 aromatic rings. The highest BCUT2D eigenvalue weighted by atomic mass is 19.4. The lowest BCUT2D eigenvalue weighted by Gasteiger charge is -2.26. The van der Waals surface area contributed by atoms with Gasteiger partial charge in [0.15, 0.2) is 13.2 Å². The molecular weight excluding hydrogens is 346 g/mol. The highest BCUT2D eigenvalue weighted by Gasteiger charge is 2.31. The van der Waals surface area contributed by atoms with Gasteiger partial charge in [-0.3, -0.25) is 0 Å². The maximum Gasteiger partial charge on any atom is 0.422 e. The first-order valence-electron chi connectivity index (χ1n) is 7.02. The molecule has 0 atom stereocenters. The lowest BCUT2D eigenvalue weighted by molar-refractivity contribution is -0.156. The van der Waals surface area contributed by atoms with Crippen LogP contribution in [0.25, 0.3) is 0 Å². The second kappa shape index (κ2) is 7.26. The Balaban J connectivity index is 2.18. The molecule has 0 bridgehead atoms. The summed E-state index contributed by atoms with van der Waals surface area (Å²) in [5.41, 5.74) is 0. The molecule has 0 N–H and O–H groups in total. The summed E-state index contributed by atoms with van der Waals surface area (Å²) in [5.74, 6) is -0.0703. The van der Waals surface area contributed by atoms with Crippen molar-refractivity contribution >= 4 is 5.95 Å². The number of halogens is 6. The number of nitrogens with zero attached hydrogens (tertiary/aromatic N) is 4. The van der Waals surface area contributed by atoms with E-state index >= 15 is 0 Å². The van der Waals surface area contributed by atoms with Crippen molar-refractivity contribution in [1.29, 1.82) is 0 Å². The Kier molecular flexibility index (Phi) is 5.54. The molecule has 2 rings (SSSR count). The Labute approximate surface area is 132 Å². The monoisotopic (exact) mass is 360 g/mol. The van der Waals surface area contributed by atoms with Crippen molar-refractivity contribution < 1.29 is 35.8 Å². The average molecular weight is 360 g/mol. The number of ether oxygens (including phenoxy) is 2. The maximum absolute atomic E-state index is 12.2. The number of anilines is 1. The van der Waals surface area contributed by atoms with Gasteiger partial charge in [0.1, 0.15) is 0 Å². The first-order chi connectivity index (χ1) is 11.1. The molecule has 0 amide bonds. The van der Waals surface area contributed by atoms with Crippen LogP contribution in [0.1, 0.15) is 19.3 Å². The normalized spacial score (nSPS) is 16.2. The third-order valence-electron chi connectivity index (χ3n) is 2.95. The molecule has 0 aromatic carbocycles. The van der Waals surface area contributed by atoms with Crippen molar-refractivity contribution in [2.75, 3.05) is 31.2 Å². The van der Waals surface area contributed by atoms with Gasteiger partial charge in [-0.05, 0) is 19.3 Å². The minimum atomic E-state index is -4.63. The number of aromatic nitrogens is 3.